The monoisotopic (exact) mass is 322 g/mol. The lowest BCUT2D eigenvalue weighted by atomic mass is 9.95. The van der Waals surface area contributed by atoms with Gasteiger partial charge in [0.25, 0.3) is 0 Å². The molecule has 1 aromatic heterocycles. The van der Waals surface area contributed by atoms with Crippen LogP contribution < -0.4 is 4.72 Å². The Bertz CT molecular complexity index is 807. The second kappa shape index (κ2) is 6.42. The van der Waals surface area contributed by atoms with Crippen LogP contribution in [0.15, 0.2) is 48.5 Å². The Hall–Kier alpha value is -1.71. The summed E-state index contributed by atoms with van der Waals surface area (Å²) in [5.74, 6) is 0. The number of fused-ring (bicyclic) bond motifs is 3. The van der Waals surface area contributed by atoms with E-state index in [1.807, 2.05) is 11.9 Å². The second-order valence-electron chi connectivity index (χ2n) is 6.37. The number of rotatable bonds is 4. The molecule has 1 atom stereocenters. The average Bonchev–Trinajstić information content (AvgIpc) is 2.95. The smallest absolute Gasteiger partial charge is 0.0596 e. The molecule has 1 aliphatic carbocycles. The van der Waals surface area contributed by atoms with Crippen LogP contribution in [0.5, 0.6) is 0 Å². The van der Waals surface area contributed by atoms with Crippen molar-refractivity contribution in [3.8, 4) is 0 Å². The summed E-state index contributed by atoms with van der Waals surface area (Å²) < 4.78 is 3.56. The zero-order chi connectivity index (χ0) is 15.6. The SMILES string of the molecule is Cc1ccc2[nH]c3c(c2c1)CCCC3SNCc1ccccc1. The normalized spacial score (nSPS) is 17.3. The van der Waals surface area contributed by atoms with Crippen LogP contribution in [0.4, 0.5) is 0 Å². The van der Waals surface area contributed by atoms with Gasteiger partial charge in [-0.15, -0.1) is 0 Å². The van der Waals surface area contributed by atoms with Gasteiger partial charge < -0.3 is 4.98 Å². The van der Waals surface area contributed by atoms with Crippen molar-refractivity contribution in [2.24, 2.45) is 0 Å². The number of H-pyrrole nitrogens is 1. The number of aromatic nitrogens is 1. The van der Waals surface area contributed by atoms with E-state index in [9.17, 15) is 0 Å². The minimum absolute atomic E-state index is 0.523. The number of aryl methyl sites for hydroxylation is 2. The van der Waals surface area contributed by atoms with Crippen molar-refractivity contribution in [1.29, 1.82) is 0 Å². The molecule has 0 aliphatic heterocycles. The minimum atomic E-state index is 0.523. The van der Waals surface area contributed by atoms with E-state index in [1.54, 1.807) is 0 Å². The molecule has 0 bridgehead atoms. The molecular formula is C20H22N2S. The largest absolute Gasteiger partial charge is 0.357 e. The van der Waals surface area contributed by atoms with Crippen molar-refractivity contribution in [3.63, 3.8) is 0 Å². The molecule has 4 rings (SSSR count). The molecule has 3 aromatic rings. The van der Waals surface area contributed by atoms with Gasteiger partial charge in [-0.05, 0) is 49.4 Å². The number of nitrogens with one attached hydrogen (secondary N) is 2. The van der Waals surface area contributed by atoms with Crippen LogP contribution in [-0.2, 0) is 13.0 Å². The molecule has 2 N–H and O–H groups in total. The van der Waals surface area contributed by atoms with E-state index in [0.29, 0.717) is 5.25 Å². The maximum atomic E-state index is 3.68. The zero-order valence-corrected chi connectivity index (χ0v) is 14.2. The number of benzene rings is 2. The first-order valence-corrected chi connectivity index (χ1v) is 9.23. The van der Waals surface area contributed by atoms with Gasteiger partial charge in [-0.3, -0.25) is 4.72 Å². The van der Waals surface area contributed by atoms with E-state index in [-0.39, 0.29) is 0 Å². The van der Waals surface area contributed by atoms with Gasteiger partial charge in [-0.1, -0.05) is 53.9 Å². The molecule has 118 valence electrons. The summed E-state index contributed by atoms with van der Waals surface area (Å²) in [5.41, 5.74) is 6.94. The first kappa shape index (κ1) is 14.9. The molecular weight excluding hydrogens is 300 g/mol. The maximum absolute atomic E-state index is 3.68. The molecule has 1 unspecified atom stereocenters. The van der Waals surface area contributed by atoms with Crippen LogP contribution in [-0.4, -0.2) is 4.98 Å². The molecule has 0 amide bonds. The van der Waals surface area contributed by atoms with Gasteiger partial charge in [0.05, 0.1) is 5.25 Å². The highest BCUT2D eigenvalue weighted by Gasteiger charge is 2.24. The molecule has 2 aromatic carbocycles. The van der Waals surface area contributed by atoms with E-state index in [4.69, 9.17) is 0 Å². The molecule has 1 aliphatic rings. The van der Waals surface area contributed by atoms with Gasteiger partial charge in [-0.25, -0.2) is 0 Å². The van der Waals surface area contributed by atoms with E-state index in [0.717, 1.165) is 6.54 Å². The van der Waals surface area contributed by atoms with Crippen molar-refractivity contribution >= 4 is 22.9 Å². The predicted molar refractivity (Wildman–Crippen MR) is 99.6 cm³/mol. The van der Waals surface area contributed by atoms with Gasteiger partial charge >= 0.3 is 0 Å². The molecule has 0 saturated heterocycles. The molecule has 0 fully saturated rings. The highest BCUT2D eigenvalue weighted by molar-refractivity contribution is 7.97. The van der Waals surface area contributed by atoms with Gasteiger partial charge in [0, 0.05) is 23.1 Å². The maximum Gasteiger partial charge on any atom is 0.0596 e. The summed E-state index contributed by atoms with van der Waals surface area (Å²) >= 11 is 1.87. The Labute approximate surface area is 141 Å². The van der Waals surface area contributed by atoms with Crippen molar-refractivity contribution in [3.05, 3.63) is 70.9 Å². The number of hydrogen-bond donors (Lipinski definition) is 2. The Morgan fingerprint density at radius 2 is 2.04 bits per heavy atom. The molecule has 1 heterocycles. The van der Waals surface area contributed by atoms with Gasteiger partial charge in [-0.2, -0.15) is 0 Å². The van der Waals surface area contributed by atoms with Crippen LogP contribution in [0.25, 0.3) is 10.9 Å². The third kappa shape index (κ3) is 3.04. The summed E-state index contributed by atoms with van der Waals surface area (Å²) in [6.07, 6.45) is 3.72. The second-order valence-corrected chi connectivity index (χ2v) is 7.47. The number of aromatic amines is 1. The lowest BCUT2D eigenvalue weighted by Crippen LogP contribution is -2.12. The van der Waals surface area contributed by atoms with Gasteiger partial charge in [0.1, 0.15) is 0 Å². The Morgan fingerprint density at radius 1 is 1.17 bits per heavy atom. The third-order valence-corrected chi connectivity index (χ3v) is 5.72. The standard InChI is InChI=1S/C20H22N2S/c1-14-10-11-18-17(12-14)16-8-5-9-19(20(16)22-18)23-21-13-15-6-3-2-4-7-15/h2-4,6-7,10-12,19,21-22H,5,8-9,13H2,1H3. The van der Waals surface area contributed by atoms with Crippen LogP contribution in [0.2, 0.25) is 0 Å². The minimum Gasteiger partial charge on any atom is -0.357 e. The topological polar surface area (TPSA) is 27.8 Å². The van der Waals surface area contributed by atoms with Crippen molar-refractivity contribution in [2.75, 3.05) is 0 Å². The highest BCUT2D eigenvalue weighted by atomic mass is 32.2. The third-order valence-electron chi connectivity index (χ3n) is 4.65. The summed E-state index contributed by atoms with van der Waals surface area (Å²) in [6, 6.07) is 17.4. The molecule has 2 nitrogen and oxygen atoms in total. The van der Waals surface area contributed by atoms with Crippen LogP contribution in [0, 0.1) is 6.92 Å². The Kier molecular flexibility index (Phi) is 4.15. The molecule has 3 heteroatoms. The summed E-state index contributed by atoms with van der Waals surface area (Å²) in [6.45, 7) is 3.09. The predicted octanol–water partition coefficient (Wildman–Crippen LogP) is 5.29. The fraction of sp³-hybridized carbons (Fsp3) is 0.300. The summed E-state index contributed by atoms with van der Waals surface area (Å²) in [4.78, 5) is 3.68. The van der Waals surface area contributed by atoms with Crippen molar-refractivity contribution in [2.45, 2.75) is 38.0 Å². The van der Waals surface area contributed by atoms with Crippen LogP contribution >= 0.6 is 11.9 Å². The lowest BCUT2D eigenvalue weighted by Gasteiger charge is -2.22. The number of hydrogen-bond acceptors (Lipinski definition) is 2. The molecule has 0 spiro atoms. The lowest BCUT2D eigenvalue weighted by molar-refractivity contribution is 0.664. The zero-order valence-electron chi connectivity index (χ0n) is 13.4. The quantitative estimate of drug-likeness (QED) is 0.639. The fourth-order valence-electron chi connectivity index (χ4n) is 3.47. The van der Waals surface area contributed by atoms with E-state index in [1.165, 1.54) is 52.5 Å². The van der Waals surface area contributed by atoms with Crippen molar-refractivity contribution < 1.29 is 0 Å². The van der Waals surface area contributed by atoms with E-state index < -0.39 is 0 Å². The van der Waals surface area contributed by atoms with E-state index in [2.05, 4.69) is 65.2 Å². The summed E-state index contributed by atoms with van der Waals surface area (Å²) in [5, 5.41) is 1.95. The Morgan fingerprint density at radius 3 is 2.91 bits per heavy atom. The highest BCUT2D eigenvalue weighted by Crippen LogP contribution is 2.41. The first-order chi connectivity index (χ1) is 11.3. The van der Waals surface area contributed by atoms with E-state index >= 15 is 0 Å². The molecule has 23 heavy (non-hydrogen) atoms. The Balaban J connectivity index is 1.52. The first-order valence-electron chi connectivity index (χ1n) is 8.35. The molecule has 0 radical (unpaired) electrons. The van der Waals surface area contributed by atoms with Gasteiger partial charge in [0.15, 0.2) is 0 Å². The van der Waals surface area contributed by atoms with Gasteiger partial charge in [0.2, 0.25) is 0 Å². The van der Waals surface area contributed by atoms with Crippen LogP contribution in [0.3, 0.4) is 0 Å². The summed E-state index contributed by atoms with van der Waals surface area (Å²) in [7, 11) is 0. The van der Waals surface area contributed by atoms with Crippen molar-refractivity contribution in [1.82, 2.24) is 9.71 Å². The molecule has 0 saturated carbocycles. The fourth-order valence-corrected chi connectivity index (χ4v) is 4.53. The average molecular weight is 322 g/mol. The van der Waals surface area contributed by atoms with Crippen LogP contribution in [0.1, 0.15) is 40.5 Å².